The van der Waals surface area contributed by atoms with Gasteiger partial charge in [0, 0.05) is 19.1 Å². The van der Waals surface area contributed by atoms with E-state index in [1.54, 1.807) is 0 Å². The molecule has 2 aliphatic rings. The number of morpholine rings is 1. The first-order chi connectivity index (χ1) is 7.72. The second-order valence-electron chi connectivity index (χ2n) is 4.84. The summed E-state index contributed by atoms with van der Waals surface area (Å²) in [5.41, 5.74) is 0. The summed E-state index contributed by atoms with van der Waals surface area (Å²) in [5.74, 6) is 0. The highest BCUT2D eigenvalue weighted by Gasteiger charge is 2.38. The van der Waals surface area contributed by atoms with E-state index in [2.05, 4.69) is 18.7 Å². The van der Waals surface area contributed by atoms with Gasteiger partial charge in [0.05, 0.1) is 31.5 Å². The summed E-state index contributed by atoms with van der Waals surface area (Å²) in [7, 11) is 0. The van der Waals surface area contributed by atoms with Crippen LogP contribution in [0, 0.1) is 0 Å². The van der Waals surface area contributed by atoms with Crippen molar-refractivity contribution >= 4 is 0 Å². The SMILES string of the molecule is CC[C@@H]1O[C@H](C)C[C@H](N2CCOCC2)[C@H]1O. The molecule has 0 radical (unpaired) electrons. The van der Waals surface area contributed by atoms with Crippen molar-refractivity contribution < 1.29 is 14.6 Å². The van der Waals surface area contributed by atoms with Gasteiger partial charge in [0.25, 0.3) is 0 Å². The molecule has 94 valence electrons. The fraction of sp³-hybridized carbons (Fsp3) is 1.00. The average Bonchev–Trinajstić information content (AvgIpc) is 2.33. The number of aliphatic hydroxyl groups excluding tert-OH is 1. The zero-order valence-corrected chi connectivity index (χ0v) is 10.3. The van der Waals surface area contributed by atoms with Crippen molar-refractivity contribution in [2.45, 2.75) is 51.0 Å². The Kier molecular flexibility index (Phi) is 4.19. The number of hydrogen-bond donors (Lipinski definition) is 1. The molecule has 2 saturated heterocycles. The van der Waals surface area contributed by atoms with E-state index < -0.39 is 0 Å². The van der Waals surface area contributed by atoms with Crippen LogP contribution in [0.2, 0.25) is 0 Å². The van der Waals surface area contributed by atoms with Gasteiger partial charge in [0.2, 0.25) is 0 Å². The van der Waals surface area contributed by atoms with Crippen molar-refractivity contribution in [3.63, 3.8) is 0 Å². The summed E-state index contributed by atoms with van der Waals surface area (Å²) in [6.45, 7) is 7.62. The molecule has 0 aromatic rings. The van der Waals surface area contributed by atoms with E-state index in [0.717, 1.165) is 39.1 Å². The molecule has 4 atom stereocenters. The highest BCUT2D eigenvalue weighted by Crippen LogP contribution is 2.26. The molecule has 0 spiro atoms. The number of hydrogen-bond acceptors (Lipinski definition) is 4. The van der Waals surface area contributed by atoms with Crippen LogP contribution >= 0.6 is 0 Å². The zero-order valence-electron chi connectivity index (χ0n) is 10.3. The molecule has 16 heavy (non-hydrogen) atoms. The maximum Gasteiger partial charge on any atom is 0.0957 e. The monoisotopic (exact) mass is 229 g/mol. The molecule has 0 amide bonds. The summed E-state index contributed by atoms with van der Waals surface area (Å²) in [5, 5.41) is 10.3. The van der Waals surface area contributed by atoms with Gasteiger partial charge in [-0.25, -0.2) is 0 Å². The molecule has 0 bridgehead atoms. The third kappa shape index (κ3) is 2.56. The third-order valence-electron chi connectivity index (χ3n) is 3.67. The molecule has 0 unspecified atom stereocenters. The van der Waals surface area contributed by atoms with Crippen molar-refractivity contribution in [3.05, 3.63) is 0 Å². The Labute approximate surface area is 97.5 Å². The minimum atomic E-state index is -0.348. The Morgan fingerprint density at radius 3 is 2.62 bits per heavy atom. The van der Waals surface area contributed by atoms with E-state index in [4.69, 9.17) is 9.47 Å². The van der Waals surface area contributed by atoms with Crippen LogP contribution in [0.3, 0.4) is 0 Å². The standard InChI is InChI=1S/C12H23NO3/c1-3-11-12(14)10(8-9(2)16-11)13-4-6-15-7-5-13/h9-12,14H,3-8H2,1-2H3/t9-,10+,11+,12-/m1/s1. The van der Waals surface area contributed by atoms with Crippen molar-refractivity contribution in [3.8, 4) is 0 Å². The fourth-order valence-electron chi connectivity index (χ4n) is 2.77. The van der Waals surface area contributed by atoms with Gasteiger partial charge in [-0.1, -0.05) is 6.92 Å². The first-order valence-electron chi connectivity index (χ1n) is 6.37. The minimum absolute atomic E-state index is 0.00315. The summed E-state index contributed by atoms with van der Waals surface area (Å²) >= 11 is 0. The molecule has 2 aliphatic heterocycles. The lowest BCUT2D eigenvalue weighted by Crippen LogP contribution is -2.57. The van der Waals surface area contributed by atoms with Crippen LogP contribution in [0.4, 0.5) is 0 Å². The molecular weight excluding hydrogens is 206 g/mol. The molecule has 0 aromatic carbocycles. The first-order valence-corrected chi connectivity index (χ1v) is 6.37. The van der Waals surface area contributed by atoms with Crippen LogP contribution in [0.15, 0.2) is 0 Å². The maximum absolute atomic E-state index is 10.3. The van der Waals surface area contributed by atoms with E-state index >= 15 is 0 Å². The van der Waals surface area contributed by atoms with Gasteiger partial charge in [0.1, 0.15) is 0 Å². The molecule has 0 aromatic heterocycles. The van der Waals surface area contributed by atoms with Gasteiger partial charge in [-0.15, -0.1) is 0 Å². The smallest absolute Gasteiger partial charge is 0.0957 e. The lowest BCUT2D eigenvalue weighted by atomic mass is 9.93. The first kappa shape index (κ1) is 12.3. The molecule has 2 rings (SSSR count). The third-order valence-corrected chi connectivity index (χ3v) is 3.67. The van der Waals surface area contributed by atoms with Gasteiger partial charge in [0.15, 0.2) is 0 Å². The van der Waals surface area contributed by atoms with Gasteiger partial charge in [-0.3, -0.25) is 4.90 Å². The van der Waals surface area contributed by atoms with Crippen LogP contribution in [0.5, 0.6) is 0 Å². The summed E-state index contributed by atoms with van der Waals surface area (Å²) in [6.07, 6.45) is 1.71. The molecule has 0 saturated carbocycles. The van der Waals surface area contributed by atoms with Gasteiger partial charge in [-0.05, 0) is 19.8 Å². The Balaban J connectivity index is 2.00. The number of rotatable bonds is 2. The lowest BCUT2D eigenvalue weighted by molar-refractivity contribution is -0.156. The van der Waals surface area contributed by atoms with E-state index in [1.807, 2.05) is 0 Å². The van der Waals surface area contributed by atoms with E-state index in [-0.39, 0.29) is 24.4 Å². The Bertz CT molecular complexity index is 216. The molecule has 2 heterocycles. The molecule has 4 heteroatoms. The summed E-state index contributed by atoms with van der Waals surface area (Å²) < 4.78 is 11.1. The topological polar surface area (TPSA) is 41.9 Å². The molecule has 4 nitrogen and oxygen atoms in total. The second kappa shape index (κ2) is 5.45. The van der Waals surface area contributed by atoms with Crippen molar-refractivity contribution in [2.24, 2.45) is 0 Å². The van der Waals surface area contributed by atoms with Crippen LogP contribution in [0.25, 0.3) is 0 Å². The van der Waals surface area contributed by atoms with Gasteiger partial charge >= 0.3 is 0 Å². The lowest BCUT2D eigenvalue weighted by Gasteiger charge is -2.44. The van der Waals surface area contributed by atoms with Crippen LogP contribution < -0.4 is 0 Å². The van der Waals surface area contributed by atoms with E-state index in [1.165, 1.54) is 0 Å². The van der Waals surface area contributed by atoms with Gasteiger partial charge in [-0.2, -0.15) is 0 Å². The molecule has 0 aliphatic carbocycles. The van der Waals surface area contributed by atoms with Crippen LogP contribution in [0.1, 0.15) is 26.7 Å². The summed E-state index contributed by atoms with van der Waals surface area (Å²) in [6, 6.07) is 0.248. The Hall–Kier alpha value is -0.160. The van der Waals surface area contributed by atoms with E-state index in [0.29, 0.717) is 0 Å². The fourth-order valence-corrected chi connectivity index (χ4v) is 2.77. The highest BCUT2D eigenvalue weighted by atomic mass is 16.5. The minimum Gasteiger partial charge on any atom is -0.389 e. The van der Waals surface area contributed by atoms with Crippen LogP contribution in [-0.4, -0.2) is 60.7 Å². The van der Waals surface area contributed by atoms with Crippen molar-refractivity contribution in [2.75, 3.05) is 26.3 Å². The largest absolute Gasteiger partial charge is 0.389 e. The molecule has 2 fully saturated rings. The number of aliphatic hydroxyl groups is 1. The Morgan fingerprint density at radius 1 is 1.31 bits per heavy atom. The maximum atomic E-state index is 10.3. The van der Waals surface area contributed by atoms with E-state index in [9.17, 15) is 5.11 Å². The van der Waals surface area contributed by atoms with Gasteiger partial charge < -0.3 is 14.6 Å². The quantitative estimate of drug-likeness (QED) is 0.754. The highest BCUT2D eigenvalue weighted by molar-refractivity contribution is 4.90. The number of ether oxygens (including phenoxy) is 2. The second-order valence-corrected chi connectivity index (χ2v) is 4.84. The average molecular weight is 229 g/mol. The van der Waals surface area contributed by atoms with Crippen LogP contribution in [-0.2, 0) is 9.47 Å². The predicted molar refractivity (Wildman–Crippen MR) is 61.4 cm³/mol. The molecule has 1 N–H and O–H groups in total. The normalized spacial score (nSPS) is 42.2. The zero-order chi connectivity index (χ0) is 11.5. The number of nitrogens with zero attached hydrogens (tertiary/aromatic N) is 1. The molecular formula is C12H23NO3. The van der Waals surface area contributed by atoms with Crippen molar-refractivity contribution in [1.29, 1.82) is 0 Å². The Morgan fingerprint density at radius 2 is 2.00 bits per heavy atom. The summed E-state index contributed by atoms with van der Waals surface area (Å²) in [4.78, 5) is 2.36. The predicted octanol–water partition coefficient (Wildman–Crippen LogP) is 0.635. The van der Waals surface area contributed by atoms with Crippen molar-refractivity contribution in [1.82, 2.24) is 4.90 Å².